The lowest BCUT2D eigenvalue weighted by Crippen LogP contribution is -2.40. The summed E-state index contributed by atoms with van der Waals surface area (Å²) in [6, 6.07) is 12.4. The third kappa shape index (κ3) is 4.77. The van der Waals surface area contributed by atoms with E-state index in [1.807, 2.05) is 24.3 Å². The molecule has 0 unspecified atom stereocenters. The van der Waals surface area contributed by atoms with Crippen molar-refractivity contribution in [2.75, 3.05) is 20.2 Å². The average Bonchev–Trinajstić information content (AvgIpc) is 3.16. The number of aromatic nitrogens is 1. The molecular formula is C23H27FN2O3. The molecule has 4 rings (SSSR count). The average molecular weight is 398 g/mol. The lowest BCUT2D eigenvalue weighted by Gasteiger charge is -2.32. The number of likely N-dealkylation sites (N-methyl/N-ethyl adjacent to an activating group) is 1. The van der Waals surface area contributed by atoms with Gasteiger partial charge in [-0.1, -0.05) is 24.4 Å². The van der Waals surface area contributed by atoms with Crippen molar-refractivity contribution < 1.29 is 18.8 Å². The Morgan fingerprint density at radius 2 is 1.93 bits per heavy atom. The highest BCUT2D eigenvalue weighted by molar-refractivity contribution is 5.91. The van der Waals surface area contributed by atoms with E-state index >= 15 is 0 Å². The Labute approximate surface area is 170 Å². The van der Waals surface area contributed by atoms with Gasteiger partial charge in [-0.15, -0.1) is 0 Å². The van der Waals surface area contributed by atoms with Crippen molar-refractivity contribution in [2.24, 2.45) is 0 Å². The maximum atomic E-state index is 13.3. The van der Waals surface area contributed by atoms with Gasteiger partial charge in [-0.3, -0.25) is 0 Å². The molecule has 0 saturated heterocycles. The fourth-order valence-electron chi connectivity index (χ4n) is 4.08. The van der Waals surface area contributed by atoms with Crippen molar-refractivity contribution in [3.63, 3.8) is 0 Å². The summed E-state index contributed by atoms with van der Waals surface area (Å²) in [5.41, 5.74) is 1.33. The van der Waals surface area contributed by atoms with E-state index in [2.05, 4.69) is 17.1 Å². The largest absolute Gasteiger partial charge is 0.491 e. The zero-order chi connectivity index (χ0) is 20.2. The molecule has 1 atom stereocenters. The summed E-state index contributed by atoms with van der Waals surface area (Å²) in [6.45, 7) is 0.865. The summed E-state index contributed by atoms with van der Waals surface area (Å²) in [5.74, 6) is 0.942. The molecule has 1 aliphatic carbocycles. The Kier molecular flexibility index (Phi) is 6.11. The Bertz CT molecular complexity index is 935. The van der Waals surface area contributed by atoms with Gasteiger partial charge in [0.05, 0.1) is 0 Å². The highest BCUT2D eigenvalue weighted by Gasteiger charge is 2.20. The molecule has 3 aromatic rings. The van der Waals surface area contributed by atoms with Crippen molar-refractivity contribution >= 4 is 10.9 Å². The van der Waals surface area contributed by atoms with Crippen molar-refractivity contribution in [1.29, 1.82) is 0 Å². The van der Waals surface area contributed by atoms with Crippen molar-refractivity contribution in [1.82, 2.24) is 10.1 Å². The van der Waals surface area contributed by atoms with E-state index in [4.69, 9.17) is 9.26 Å². The molecule has 1 aliphatic rings. The van der Waals surface area contributed by atoms with Crippen molar-refractivity contribution in [3.05, 3.63) is 48.3 Å². The summed E-state index contributed by atoms with van der Waals surface area (Å²) in [4.78, 5) is 2.26. The minimum absolute atomic E-state index is 0.251. The van der Waals surface area contributed by atoms with E-state index in [1.165, 1.54) is 44.2 Å². The quantitative estimate of drug-likeness (QED) is 0.628. The number of aliphatic hydroxyl groups excluding tert-OH is 1. The predicted octanol–water partition coefficient (Wildman–Crippen LogP) is 4.64. The van der Waals surface area contributed by atoms with Gasteiger partial charge in [-0.25, -0.2) is 4.39 Å². The predicted molar refractivity (Wildman–Crippen MR) is 110 cm³/mol. The fourth-order valence-corrected chi connectivity index (χ4v) is 4.08. The number of ether oxygens (including phenoxy) is 1. The number of hydrogen-bond donors (Lipinski definition) is 1. The highest BCUT2D eigenvalue weighted by atomic mass is 19.1. The van der Waals surface area contributed by atoms with Gasteiger partial charge < -0.3 is 19.3 Å². The van der Waals surface area contributed by atoms with E-state index in [0.29, 0.717) is 29.6 Å². The van der Waals surface area contributed by atoms with Gasteiger partial charge in [0.25, 0.3) is 0 Å². The molecule has 5 nitrogen and oxygen atoms in total. The molecule has 0 spiro atoms. The lowest BCUT2D eigenvalue weighted by molar-refractivity contribution is 0.0561. The lowest BCUT2D eigenvalue weighted by atomic mass is 9.94. The van der Waals surface area contributed by atoms with Gasteiger partial charge in [0, 0.05) is 29.6 Å². The Morgan fingerprint density at radius 3 is 2.69 bits per heavy atom. The van der Waals surface area contributed by atoms with Crippen LogP contribution in [0.1, 0.15) is 32.1 Å². The molecule has 1 aromatic heterocycles. The van der Waals surface area contributed by atoms with Gasteiger partial charge in [0.1, 0.15) is 29.8 Å². The van der Waals surface area contributed by atoms with Crippen LogP contribution in [0.5, 0.6) is 5.75 Å². The first-order chi connectivity index (χ1) is 14.1. The van der Waals surface area contributed by atoms with Crippen LogP contribution in [-0.4, -0.2) is 47.5 Å². The smallest absolute Gasteiger partial charge is 0.174 e. The summed E-state index contributed by atoms with van der Waals surface area (Å²) in [6.07, 6.45) is 5.79. The van der Waals surface area contributed by atoms with E-state index in [1.54, 1.807) is 6.07 Å². The zero-order valence-electron chi connectivity index (χ0n) is 16.7. The minimum Gasteiger partial charge on any atom is -0.491 e. The van der Waals surface area contributed by atoms with Crippen LogP contribution in [0.3, 0.4) is 0 Å². The molecule has 0 bridgehead atoms. The van der Waals surface area contributed by atoms with E-state index < -0.39 is 6.10 Å². The molecule has 29 heavy (non-hydrogen) atoms. The molecule has 1 N–H and O–H groups in total. The summed E-state index contributed by atoms with van der Waals surface area (Å²) >= 11 is 0. The number of fused-ring (bicyclic) bond motifs is 1. The Hall–Kier alpha value is -2.44. The van der Waals surface area contributed by atoms with Gasteiger partial charge in [0.2, 0.25) is 0 Å². The second kappa shape index (κ2) is 8.93. The summed E-state index contributed by atoms with van der Waals surface area (Å²) in [5, 5.41) is 15.0. The molecule has 1 saturated carbocycles. The normalized spacial score (nSPS) is 16.4. The maximum Gasteiger partial charge on any atom is 0.174 e. The highest BCUT2D eigenvalue weighted by Crippen LogP contribution is 2.30. The number of nitrogens with zero attached hydrogens (tertiary/aromatic N) is 2. The van der Waals surface area contributed by atoms with Crippen LogP contribution in [0.2, 0.25) is 0 Å². The monoisotopic (exact) mass is 398 g/mol. The molecule has 6 heteroatoms. The molecule has 1 heterocycles. The maximum absolute atomic E-state index is 13.3. The minimum atomic E-state index is -0.533. The number of rotatable bonds is 7. The van der Waals surface area contributed by atoms with Crippen LogP contribution >= 0.6 is 0 Å². The first-order valence-corrected chi connectivity index (χ1v) is 10.3. The molecule has 2 aromatic carbocycles. The molecule has 0 aliphatic heterocycles. The van der Waals surface area contributed by atoms with E-state index in [0.717, 1.165) is 10.9 Å². The number of halogens is 1. The third-order valence-corrected chi connectivity index (χ3v) is 5.70. The molecule has 1 fully saturated rings. The Balaban J connectivity index is 1.33. The van der Waals surface area contributed by atoms with Gasteiger partial charge in [-0.2, -0.15) is 0 Å². The second-order valence-corrected chi connectivity index (χ2v) is 7.89. The van der Waals surface area contributed by atoms with Crippen molar-refractivity contribution in [3.8, 4) is 17.1 Å². The molecule has 154 valence electrons. The Morgan fingerprint density at radius 1 is 1.17 bits per heavy atom. The fraction of sp³-hybridized carbons (Fsp3) is 0.435. The van der Waals surface area contributed by atoms with Crippen LogP contribution in [0.4, 0.5) is 4.39 Å². The molecule has 0 radical (unpaired) electrons. The van der Waals surface area contributed by atoms with Gasteiger partial charge in [0.15, 0.2) is 5.76 Å². The SMILES string of the molecule is CN(C[C@@H](O)COc1ccc(-c2onc3cc(F)ccc23)cc1)C1CCCCC1. The van der Waals surface area contributed by atoms with Crippen LogP contribution in [0.15, 0.2) is 47.0 Å². The van der Waals surface area contributed by atoms with E-state index in [9.17, 15) is 9.50 Å². The van der Waals surface area contributed by atoms with E-state index in [-0.39, 0.29) is 12.4 Å². The topological polar surface area (TPSA) is 58.7 Å². The van der Waals surface area contributed by atoms with Gasteiger partial charge >= 0.3 is 0 Å². The van der Waals surface area contributed by atoms with Crippen LogP contribution in [0, 0.1) is 5.82 Å². The third-order valence-electron chi connectivity index (χ3n) is 5.70. The molecule has 0 amide bonds. The zero-order valence-corrected chi connectivity index (χ0v) is 16.7. The van der Waals surface area contributed by atoms with Crippen LogP contribution < -0.4 is 4.74 Å². The van der Waals surface area contributed by atoms with Crippen LogP contribution in [-0.2, 0) is 0 Å². The first-order valence-electron chi connectivity index (χ1n) is 10.3. The number of hydrogen-bond acceptors (Lipinski definition) is 5. The standard InChI is InChI=1S/C23H27FN2O3/c1-26(18-5-3-2-4-6-18)14-19(27)15-28-20-10-7-16(8-11-20)23-21-12-9-17(24)13-22(21)25-29-23/h7-13,18-19,27H,2-6,14-15H2,1H3/t19-/m1/s1. The van der Waals surface area contributed by atoms with Crippen LogP contribution in [0.25, 0.3) is 22.2 Å². The van der Waals surface area contributed by atoms with Gasteiger partial charge in [-0.05, 0) is 56.3 Å². The first kappa shape index (κ1) is 19.9. The summed E-state index contributed by atoms with van der Waals surface area (Å²) in [7, 11) is 2.08. The number of aliphatic hydroxyl groups is 1. The number of benzene rings is 2. The second-order valence-electron chi connectivity index (χ2n) is 7.89. The van der Waals surface area contributed by atoms with Crippen molar-refractivity contribution in [2.45, 2.75) is 44.2 Å². The summed E-state index contributed by atoms with van der Waals surface area (Å²) < 4.78 is 24.5. The molecular weight excluding hydrogens is 371 g/mol.